The maximum atomic E-state index is 13.0. The second-order valence-corrected chi connectivity index (χ2v) is 4.30. The highest BCUT2D eigenvalue weighted by Crippen LogP contribution is 2.13. The lowest BCUT2D eigenvalue weighted by Crippen LogP contribution is -2.27. The summed E-state index contributed by atoms with van der Waals surface area (Å²) in [6, 6.07) is 8.65. The fraction of sp³-hybridized carbons (Fsp3) is 0.0769. The van der Waals surface area contributed by atoms with Gasteiger partial charge in [-0.25, -0.2) is 4.39 Å². The van der Waals surface area contributed by atoms with Crippen molar-refractivity contribution >= 4 is 23.2 Å². The number of carbonyl (C=O) groups is 1. The molecule has 0 saturated heterocycles. The molecule has 2 rings (SSSR count). The van der Waals surface area contributed by atoms with Gasteiger partial charge < -0.3 is 9.88 Å². The van der Waals surface area contributed by atoms with Crippen molar-refractivity contribution in [1.82, 2.24) is 4.57 Å². The van der Waals surface area contributed by atoms with Crippen LogP contribution in [-0.2, 0) is 11.3 Å². The maximum absolute atomic E-state index is 13.0. The lowest BCUT2D eigenvalue weighted by Gasteiger charge is -2.07. The van der Waals surface area contributed by atoms with E-state index in [4.69, 9.17) is 11.6 Å². The molecule has 1 heterocycles. The maximum Gasteiger partial charge on any atom is 0.251 e. The number of pyridine rings is 1. The molecule has 6 heteroatoms. The molecule has 98 valence electrons. The largest absolute Gasteiger partial charge is 0.325 e. The Morgan fingerprint density at radius 3 is 2.58 bits per heavy atom. The van der Waals surface area contributed by atoms with E-state index in [1.54, 1.807) is 24.3 Å². The molecule has 0 aliphatic heterocycles. The monoisotopic (exact) mass is 280 g/mol. The van der Waals surface area contributed by atoms with Gasteiger partial charge in [0.05, 0.1) is 0 Å². The van der Waals surface area contributed by atoms with Gasteiger partial charge in [0.2, 0.25) is 5.91 Å². The minimum Gasteiger partial charge on any atom is -0.325 e. The van der Waals surface area contributed by atoms with Crippen molar-refractivity contribution in [3.05, 3.63) is 63.8 Å². The van der Waals surface area contributed by atoms with Crippen LogP contribution in [0.5, 0.6) is 0 Å². The Hall–Kier alpha value is -2.14. The van der Waals surface area contributed by atoms with Gasteiger partial charge in [0.1, 0.15) is 12.4 Å². The Morgan fingerprint density at radius 2 is 1.89 bits per heavy atom. The van der Waals surface area contributed by atoms with Crippen LogP contribution in [0, 0.1) is 5.82 Å². The van der Waals surface area contributed by atoms with Gasteiger partial charge in [-0.3, -0.25) is 9.59 Å². The van der Waals surface area contributed by atoms with E-state index in [9.17, 15) is 14.0 Å². The molecule has 0 spiro atoms. The molecule has 1 N–H and O–H groups in total. The summed E-state index contributed by atoms with van der Waals surface area (Å²) in [5.74, 6) is -0.992. The van der Waals surface area contributed by atoms with Crippen LogP contribution in [0.25, 0.3) is 0 Å². The molecular weight excluding hydrogens is 271 g/mol. The summed E-state index contributed by atoms with van der Waals surface area (Å²) in [4.78, 5) is 23.1. The molecule has 2 aromatic rings. The second-order valence-electron chi connectivity index (χ2n) is 3.87. The topological polar surface area (TPSA) is 51.1 Å². The number of halogens is 2. The Balaban J connectivity index is 2.07. The van der Waals surface area contributed by atoms with E-state index in [1.807, 2.05) is 0 Å². The molecule has 0 radical (unpaired) electrons. The number of rotatable bonds is 3. The van der Waals surface area contributed by atoms with E-state index in [2.05, 4.69) is 5.32 Å². The van der Waals surface area contributed by atoms with Crippen LogP contribution in [0.3, 0.4) is 0 Å². The first-order valence-electron chi connectivity index (χ1n) is 5.46. The summed E-state index contributed by atoms with van der Waals surface area (Å²) >= 11 is 5.72. The zero-order valence-corrected chi connectivity index (χ0v) is 10.5. The molecule has 0 bridgehead atoms. The fourth-order valence-corrected chi connectivity index (χ4v) is 1.64. The lowest BCUT2D eigenvalue weighted by atomic mass is 10.3. The minimum atomic E-state index is -0.570. The number of anilines is 1. The summed E-state index contributed by atoms with van der Waals surface area (Å²) in [6.07, 6.45) is 0.990. The van der Waals surface area contributed by atoms with Crippen molar-refractivity contribution in [3.8, 4) is 0 Å². The van der Waals surface area contributed by atoms with Crippen molar-refractivity contribution in [3.63, 3.8) is 0 Å². The van der Waals surface area contributed by atoms with E-state index in [0.29, 0.717) is 10.7 Å². The molecule has 0 atom stereocenters. The Labute approximate surface area is 113 Å². The SMILES string of the molecule is O=C(Cn1cc(F)ccc1=O)Nc1ccc(Cl)cc1. The number of benzene rings is 1. The molecular formula is C13H10ClFN2O2. The number of nitrogens with one attached hydrogen (secondary N) is 1. The first-order chi connectivity index (χ1) is 9.04. The molecule has 0 fully saturated rings. The molecule has 4 nitrogen and oxygen atoms in total. The quantitative estimate of drug-likeness (QED) is 0.938. The number of aromatic nitrogens is 1. The van der Waals surface area contributed by atoms with Crippen LogP contribution in [0.1, 0.15) is 0 Å². The van der Waals surface area contributed by atoms with Gasteiger partial charge in [0.25, 0.3) is 5.56 Å². The first-order valence-corrected chi connectivity index (χ1v) is 5.84. The lowest BCUT2D eigenvalue weighted by molar-refractivity contribution is -0.116. The van der Waals surface area contributed by atoms with Crippen LogP contribution in [0.2, 0.25) is 5.02 Å². The highest BCUT2D eigenvalue weighted by Gasteiger charge is 2.06. The zero-order chi connectivity index (χ0) is 13.8. The van der Waals surface area contributed by atoms with Crippen molar-refractivity contribution < 1.29 is 9.18 Å². The van der Waals surface area contributed by atoms with E-state index in [-0.39, 0.29) is 6.54 Å². The summed E-state index contributed by atoms with van der Waals surface area (Å²) in [5.41, 5.74) is 0.117. The summed E-state index contributed by atoms with van der Waals surface area (Å²) in [6.45, 7) is -0.251. The summed E-state index contributed by atoms with van der Waals surface area (Å²) in [5, 5.41) is 3.14. The summed E-state index contributed by atoms with van der Waals surface area (Å²) in [7, 11) is 0. The van der Waals surface area contributed by atoms with Crippen molar-refractivity contribution in [2.45, 2.75) is 6.54 Å². The van der Waals surface area contributed by atoms with Crippen molar-refractivity contribution in [2.75, 3.05) is 5.32 Å². The van der Waals surface area contributed by atoms with Crippen LogP contribution in [0.4, 0.5) is 10.1 Å². The second kappa shape index (κ2) is 5.67. The predicted octanol–water partition coefficient (Wildman–Crippen LogP) is 2.28. The number of hydrogen-bond acceptors (Lipinski definition) is 2. The highest BCUT2D eigenvalue weighted by molar-refractivity contribution is 6.30. The standard InChI is InChI=1S/C13H10ClFN2O2/c14-9-1-4-11(5-2-9)16-12(18)8-17-7-10(15)3-6-13(17)19/h1-7H,8H2,(H,16,18). The Morgan fingerprint density at radius 1 is 1.21 bits per heavy atom. The third-order valence-electron chi connectivity index (χ3n) is 2.39. The van der Waals surface area contributed by atoms with E-state index in [0.717, 1.165) is 22.9 Å². The molecule has 0 saturated carbocycles. The predicted molar refractivity (Wildman–Crippen MR) is 70.7 cm³/mol. The van der Waals surface area contributed by atoms with Crippen LogP contribution in [0.15, 0.2) is 47.4 Å². The molecule has 1 amide bonds. The van der Waals surface area contributed by atoms with Gasteiger partial charge in [-0.2, -0.15) is 0 Å². The average Bonchev–Trinajstić information content (AvgIpc) is 2.37. The molecule has 0 aliphatic carbocycles. The Kier molecular flexibility index (Phi) is 3.97. The third kappa shape index (κ3) is 3.66. The Bertz CT molecular complexity index is 652. The molecule has 0 unspecified atom stereocenters. The third-order valence-corrected chi connectivity index (χ3v) is 2.64. The van der Waals surface area contributed by atoms with Crippen molar-refractivity contribution in [2.24, 2.45) is 0 Å². The number of amides is 1. The molecule has 0 aliphatic rings. The number of carbonyl (C=O) groups excluding carboxylic acids is 1. The van der Waals surface area contributed by atoms with Crippen molar-refractivity contribution in [1.29, 1.82) is 0 Å². The van der Waals surface area contributed by atoms with Gasteiger partial charge in [-0.1, -0.05) is 11.6 Å². The average molecular weight is 281 g/mol. The molecule has 1 aromatic heterocycles. The highest BCUT2D eigenvalue weighted by atomic mass is 35.5. The summed E-state index contributed by atoms with van der Waals surface area (Å²) < 4.78 is 14.0. The number of hydrogen-bond donors (Lipinski definition) is 1. The van der Waals surface area contributed by atoms with Gasteiger partial charge in [-0.05, 0) is 30.3 Å². The van der Waals surface area contributed by atoms with Gasteiger partial charge >= 0.3 is 0 Å². The first kappa shape index (κ1) is 13.3. The minimum absolute atomic E-state index is 0.251. The zero-order valence-electron chi connectivity index (χ0n) is 9.77. The molecule has 1 aromatic carbocycles. The van der Waals surface area contributed by atoms with Crippen LogP contribution in [-0.4, -0.2) is 10.5 Å². The molecule has 19 heavy (non-hydrogen) atoms. The van der Waals surface area contributed by atoms with E-state index in [1.165, 1.54) is 0 Å². The van der Waals surface area contributed by atoms with Crippen LogP contribution < -0.4 is 10.9 Å². The van der Waals surface area contributed by atoms with Gasteiger partial charge in [-0.15, -0.1) is 0 Å². The van der Waals surface area contributed by atoms with Crippen LogP contribution >= 0.6 is 11.6 Å². The smallest absolute Gasteiger partial charge is 0.251 e. The normalized spacial score (nSPS) is 10.2. The van der Waals surface area contributed by atoms with Gasteiger partial charge in [0.15, 0.2) is 0 Å². The van der Waals surface area contributed by atoms with E-state index < -0.39 is 17.3 Å². The fourth-order valence-electron chi connectivity index (χ4n) is 1.51. The van der Waals surface area contributed by atoms with E-state index >= 15 is 0 Å². The number of nitrogens with zero attached hydrogens (tertiary/aromatic N) is 1. The van der Waals surface area contributed by atoms with Gasteiger partial charge in [0, 0.05) is 23.0 Å².